The summed E-state index contributed by atoms with van der Waals surface area (Å²) in [7, 11) is 1.61. The van der Waals surface area contributed by atoms with E-state index in [1.165, 1.54) is 6.07 Å². The van der Waals surface area contributed by atoms with Gasteiger partial charge in [-0.3, -0.25) is 0 Å². The van der Waals surface area contributed by atoms with Crippen LogP contribution in [0.25, 0.3) is 0 Å². The molecular formula is C15H15ClFNO. The zero-order valence-electron chi connectivity index (χ0n) is 10.6. The van der Waals surface area contributed by atoms with Crippen molar-refractivity contribution in [3.8, 4) is 5.75 Å². The molecule has 0 heterocycles. The van der Waals surface area contributed by atoms with Gasteiger partial charge in [-0.05, 0) is 35.7 Å². The fourth-order valence-electron chi connectivity index (χ4n) is 1.93. The van der Waals surface area contributed by atoms with Gasteiger partial charge in [0.1, 0.15) is 11.6 Å². The molecule has 0 aliphatic rings. The molecule has 0 radical (unpaired) electrons. The van der Waals surface area contributed by atoms with Crippen molar-refractivity contribution in [2.24, 2.45) is 5.73 Å². The molecule has 2 rings (SSSR count). The van der Waals surface area contributed by atoms with Crippen LogP contribution in [-0.2, 0) is 6.42 Å². The smallest absolute Gasteiger partial charge is 0.142 e. The molecule has 2 aromatic rings. The van der Waals surface area contributed by atoms with Crippen molar-refractivity contribution in [1.82, 2.24) is 0 Å². The first-order valence-corrected chi connectivity index (χ1v) is 6.32. The summed E-state index contributed by atoms with van der Waals surface area (Å²) in [4.78, 5) is 0. The van der Waals surface area contributed by atoms with Gasteiger partial charge in [-0.25, -0.2) is 4.39 Å². The highest BCUT2D eigenvalue weighted by atomic mass is 35.5. The summed E-state index contributed by atoms with van der Waals surface area (Å²) in [6, 6.07) is 12.0. The third-order valence-corrected chi connectivity index (χ3v) is 3.42. The lowest BCUT2D eigenvalue weighted by molar-refractivity contribution is 0.414. The van der Waals surface area contributed by atoms with Crippen LogP contribution in [0.4, 0.5) is 4.39 Å². The van der Waals surface area contributed by atoms with Gasteiger partial charge in [0.25, 0.3) is 0 Å². The molecule has 0 aromatic heterocycles. The fraction of sp³-hybridized carbons (Fsp3) is 0.200. The first kappa shape index (κ1) is 13.8. The Bertz CT molecular complexity index is 574. The number of rotatable bonds is 4. The average molecular weight is 280 g/mol. The highest BCUT2D eigenvalue weighted by molar-refractivity contribution is 6.31. The normalized spacial score (nSPS) is 12.2. The van der Waals surface area contributed by atoms with E-state index >= 15 is 0 Å². The summed E-state index contributed by atoms with van der Waals surface area (Å²) in [6.45, 7) is 0. The van der Waals surface area contributed by atoms with E-state index in [1.807, 2.05) is 24.3 Å². The highest BCUT2D eigenvalue weighted by Crippen LogP contribution is 2.25. The predicted octanol–water partition coefficient (Wildman–Crippen LogP) is 3.73. The molecule has 0 fully saturated rings. The van der Waals surface area contributed by atoms with Gasteiger partial charge in [-0.2, -0.15) is 0 Å². The van der Waals surface area contributed by atoms with Gasteiger partial charge in [-0.15, -0.1) is 0 Å². The van der Waals surface area contributed by atoms with Crippen LogP contribution in [0, 0.1) is 5.82 Å². The van der Waals surface area contributed by atoms with E-state index in [0.717, 1.165) is 11.3 Å². The Hall–Kier alpha value is -1.58. The first-order valence-electron chi connectivity index (χ1n) is 5.94. The molecule has 2 nitrogen and oxygen atoms in total. The molecular weight excluding hydrogens is 265 g/mol. The lowest BCUT2D eigenvalue weighted by Crippen LogP contribution is -2.13. The summed E-state index contributed by atoms with van der Waals surface area (Å²) in [5.74, 6) is 0.329. The largest absolute Gasteiger partial charge is 0.497 e. The van der Waals surface area contributed by atoms with Crippen LogP contribution in [0.2, 0.25) is 5.02 Å². The second-order valence-corrected chi connectivity index (χ2v) is 4.68. The van der Waals surface area contributed by atoms with Gasteiger partial charge in [0.2, 0.25) is 0 Å². The molecule has 2 N–H and O–H groups in total. The van der Waals surface area contributed by atoms with Crippen LogP contribution in [-0.4, -0.2) is 7.11 Å². The van der Waals surface area contributed by atoms with Gasteiger partial charge in [0.15, 0.2) is 0 Å². The van der Waals surface area contributed by atoms with E-state index in [4.69, 9.17) is 22.1 Å². The van der Waals surface area contributed by atoms with Gasteiger partial charge < -0.3 is 10.5 Å². The second-order valence-electron chi connectivity index (χ2n) is 4.30. The minimum Gasteiger partial charge on any atom is -0.497 e. The Morgan fingerprint density at radius 2 is 2.00 bits per heavy atom. The molecule has 100 valence electrons. The summed E-state index contributed by atoms with van der Waals surface area (Å²) in [5.41, 5.74) is 7.77. The topological polar surface area (TPSA) is 35.2 Å². The van der Waals surface area contributed by atoms with E-state index in [1.54, 1.807) is 19.2 Å². The zero-order valence-corrected chi connectivity index (χ0v) is 11.3. The number of nitrogens with two attached hydrogens (primary N) is 1. The number of ether oxygens (including phenoxy) is 1. The molecule has 2 aromatic carbocycles. The van der Waals surface area contributed by atoms with E-state index in [0.29, 0.717) is 12.0 Å². The lowest BCUT2D eigenvalue weighted by atomic mass is 9.99. The molecule has 0 amide bonds. The van der Waals surface area contributed by atoms with Crippen molar-refractivity contribution in [2.75, 3.05) is 7.11 Å². The van der Waals surface area contributed by atoms with Crippen LogP contribution in [0.3, 0.4) is 0 Å². The van der Waals surface area contributed by atoms with Crippen LogP contribution in [0.5, 0.6) is 5.75 Å². The van der Waals surface area contributed by atoms with Crippen molar-refractivity contribution in [3.63, 3.8) is 0 Å². The maximum atomic E-state index is 13.4. The quantitative estimate of drug-likeness (QED) is 0.925. The van der Waals surface area contributed by atoms with E-state index in [9.17, 15) is 4.39 Å². The standard InChI is InChI=1S/C15H15ClFNO/c1-19-12-6-2-4-10(8-12)14(18)9-11-5-3-7-13(17)15(11)16/h2-8,14H,9,18H2,1H3. The van der Waals surface area contributed by atoms with Crippen molar-refractivity contribution in [2.45, 2.75) is 12.5 Å². The monoisotopic (exact) mass is 279 g/mol. The third kappa shape index (κ3) is 3.25. The van der Waals surface area contributed by atoms with Crippen molar-refractivity contribution >= 4 is 11.6 Å². The minimum atomic E-state index is -0.419. The number of methoxy groups -OCH3 is 1. The predicted molar refractivity (Wildman–Crippen MR) is 75.0 cm³/mol. The van der Waals surface area contributed by atoms with Gasteiger partial charge in [0, 0.05) is 6.04 Å². The highest BCUT2D eigenvalue weighted by Gasteiger charge is 2.12. The van der Waals surface area contributed by atoms with Crippen LogP contribution < -0.4 is 10.5 Å². The molecule has 0 bridgehead atoms. The maximum Gasteiger partial charge on any atom is 0.142 e. The number of hydrogen-bond acceptors (Lipinski definition) is 2. The molecule has 0 saturated heterocycles. The molecule has 1 atom stereocenters. The number of benzene rings is 2. The third-order valence-electron chi connectivity index (χ3n) is 2.99. The van der Waals surface area contributed by atoms with Crippen molar-refractivity contribution in [1.29, 1.82) is 0 Å². The summed E-state index contributed by atoms with van der Waals surface area (Å²) >= 11 is 5.93. The summed E-state index contributed by atoms with van der Waals surface area (Å²) in [6.07, 6.45) is 0.476. The Kier molecular flexibility index (Phi) is 4.40. The Morgan fingerprint density at radius 3 is 2.74 bits per heavy atom. The van der Waals surface area contributed by atoms with Crippen molar-refractivity contribution < 1.29 is 9.13 Å². The van der Waals surface area contributed by atoms with Gasteiger partial charge in [-0.1, -0.05) is 35.9 Å². The van der Waals surface area contributed by atoms with Crippen LogP contribution >= 0.6 is 11.6 Å². The van der Waals surface area contributed by atoms with E-state index in [2.05, 4.69) is 0 Å². The van der Waals surface area contributed by atoms with Crippen LogP contribution in [0.1, 0.15) is 17.2 Å². The van der Waals surface area contributed by atoms with E-state index in [-0.39, 0.29) is 11.1 Å². The summed E-state index contributed by atoms with van der Waals surface area (Å²) < 4.78 is 18.5. The minimum absolute atomic E-state index is 0.140. The summed E-state index contributed by atoms with van der Waals surface area (Å²) in [5, 5.41) is 0.140. The fourth-order valence-corrected chi connectivity index (χ4v) is 2.14. The second kappa shape index (κ2) is 6.04. The SMILES string of the molecule is COc1cccc(C(N)Cc2cccc(F)c2Cl)c1. The first-order chi connectivity index (χ1) is 9.11. The van der Waals surface area contributed by atoms with Gasteiger partial charge >= 0.3 is 0 Å². The number of halogens is 2. The Balaban J connectivity index is 2.20. The molecule has 0 aliphatic heterocycles. The molecule has 0 aliphatic carbocycles. The lowest BCUT2D eigenvalue weighted by Gasteiger charge is -2.14. The Labute approximate surface area is 117 Å². The van der Waals surface area contributed by atoms with Gasteiger partial charge in [0.05, 0.1) is 12.1 Å². The molecule has 4 heteroatoms. The average Bonchev–Trinajstić information content (AvgIpc) is 2.44. The molecule has 0 spiro atoms. The zero-order chi connectivity index (χ0) is 13.8. The van der Waals surface area contributed by atoms with E-state index < -0.39 is 5.82 Å². The Morgan fingerprint density at radius 1 is 1.26 bits per heavy atom. The molecule has 19 heavy (non-hydrogen) atoms. The maximum absolute atomic E-state index is 13.4. The van der Waals surface area contributed by atoms with Crippen molar-refractivity contribution in [3.05, 3.63) is 64.4 Å². The van der Waals surface area contributed by atoms with Crippen LogP contribution in [0.15, 0.2) is 42.5 Å². The molecule has 1 unspecified atom stereocenters. The number of hydrogen-bond donors (Lipinski definition) is 1. The molecule has 0 saturated carbocycles.